The standard InChI is InChI=1S/C15H29NO/c1-15(2,3)14-5-9-16(12-14)8-4-13-6-10-17-11-7-13/h13-14H,4-12H2,1-3H3. The van der Waals surface area contributed by atoms with E-state index in [1.54, 1.807) is 0 Å². The van der Waals surface area contributed by atoms with Crippen molar-refractivity contribution in [2.45, 2.75) is 46.5 Å². The molecular weight excluding hydrogens is 210 g/mol. The molecule has 2 fully saturated rings. The van der Waals surface area contributed by atoms with Crippen molar-refractivity contribution >= 4 is 0 Å². The lowest BCUT2D eigenvalue weighted by atomic mass is 9.80. The molecule has 0 aromatic heterocycles. The topological polar surface area (TPSA) is 12.5 Å². The largest absolute Gasteiger partial charge is 0.381 e. The smallest absolute Gasteiger partial charge is 0.0468 e. The molecule has 0 bridgehead atoms. The highest BCUT2D eigenvalue weighted by Crippen LogP contribution is 2.33. The SMILES string of the molecule is CC(C)(C)C1CCN(CCC2CCOCC2)C1. The van der Waals surface area contributed by atoms with Gasteiger partial charge in [0.05, 0.1) is 0 Å². The van der Waals surface area contributed by atoms with E-state index in [2.05, 4.69) is 25.7 Å². The van der Waals surface area contributed by atoms with Crippen molar-refractivity contribution in [2.24, 2.45) is 17.3 Å². The molecule has 2 rings (SSSR count). The van der Waals surface area contributed by atoms with E-state index in [0.717, 1.165) is 25.0 Å². The molecule has 0 saturated carbocycles. The van der Waals surface area contributed by atoms with Crippen LogP contribution in [0, 0.1) is 17.3 Å². The van der Waals surface area contributed by atoms with Crippen molar-refractivity contribution < 1.29 is 4.74 Å². The molecule has 0 amide bonds. The number of hydrogen-bond acceptors (Lipinski definition) is 2. The molecular formula is C15H29NO. The molecule has 0 spiro atoms. The van der Waals surface area contributed by atoms with Gasteiger partial charge in [-0.15, -0.1) is 0 Å². The Morgan fingerprint density at radius 3 is 2.41 bits per heavy atom. The van der Waals surface area contributed by atoms with Gasteiger partial charge in [-0.2, -0.15) is 0 Å². The predicted octanol–water partition coefficient (Wildman–Crippen LogP) is 3.17. The van der Waals surface area contributed by atoms with Crippen LogP contribution in [0.3, 0.4) is 0 Å². The van der Waals surface area contributed by atoms with Gasteiger partial charge in [0, 0.05) is 19.8 Å². The Labute approximate surface area is 107 Å². The number of rotatable bonds is 3. The molecule has 1 atom stereocenters. The zero-order valence-corrected chi connectivity index (χ0v) is 11.9. The van der Waals surface area contributed by atoms with Gasteiger partial charge in [-0.25, -0.2) is 0 Å². The van der Waals surface area contributed by atoms with Gasteiger partial charge in [-0.3, -0.25) is 0 Å². The van der Waals surface area contributed by atoms with Crippen LogP contribution in [0.2, 0.25) is 0 Å². The first-order valence-corrected chi connectivity index (χ1v) is 7.36. The fourth-order valence-corrected chi connectivity index (χ4v) is 3.14. The summed E-state index contributed by atoms with van der Waals surface area (Å²) in [5, 5.41) is 0. The summed E-state index contributed by atoms with van der Waals surface area (Å²) in [6, 6.07) is 0. The molecule has 17 heavy (non-hydrogen) atoms. The van der Waals surface area contributed by atoms with E-state index in [1.165, 1.54) is 45.3 Å². The maximum Gasteiger partial charge on any atom is 0.0468 e. The average Bonchev–Trinajstić information content (AvgIpc) is 2.76. The van der Waals surface area contributed by atoms with E-state index in [0.29, 0.717) is 5.41 Å². The van der Waals surface area contributed by atoms with Gasteiger partial charge in [-0.1, -0.05) is 20.8 Å². The van der Waals surface area contributed by atoms with Crippen LogP contribution in [-0.2, 0) is 4.74 Å². The lowest BCUT2D eigenvalue weighted by Gasteiger charge is -2.28. The minimum absolute atomic E-state index is 0.493. The van der Waals surface area contributed by atoms with Crippen molar-refractivity contribution in [3.63, 3.8) is 0 Å². The zero-order valence-electron chi connectivity index (χ0n) is 11.9. The number of nitrogens with zero attached hydrogens (tertiary/aromatic N) is 1. The van der Waals surface area contributed by atoms with Crippen LogP contribution in [-0.4, -0.2) is 37.7 Å². The van der Waals surface area contributed by atoms with Crippen LogP contribution in [0.4, 0.5) is 0 Å². The number of ether oxygens (including phenoxy) is 1. The monoisotopic (exact) mass is 239 g/mol. The number of likely N-dealkylation sites (tertiary alicyclic amines) is 1. The van der Waals surface area contributed by atoms with Gasteiger partial charge < -0.3 is 9.64 Å². The van der Waals surface area contributed by atoms with Crippen molar-refractivity contribution in [2.75, 3.05) is 32.8 Å². The first-order chi connectivity index (χ1) is 8.05. The quantitative estimate of drug-likeness (QED) is 0.750. The van der Waals surface area contributed by atoms with Crippen LogP contribution < -0.4 is 0 Å². The summed E-state index contributed by atoms with van der Waals surface area (Å²) >= 11 is 0. The fourth-order valence-electron chi connectivity index (χ4n) is 3.14. The average molecular weight is 239 g/mol. The highest BCUT2D eigenvalue weighted by atomic mass is 16.5. The first-order valence-electron chi connectivity index (χ1n) is 7.36. The summed E-state index contributed by atoms with van der Waals surface area (Å²) in [6.45, 7) is 13.1. The van der Waals surface area contributed by atoms with Gasteiger partial charge >= 0.3 is 0 Å². The molecule has 0 N–H and O–H groups in total. The summed E-state index contributed by atoms with van der Waals surface area (Å²) in [6.07, 6.45) is 5.37. The van der Waals surface area contributed by atoms with Crippen LogP contribution in [0.1, 0.15) is 46.5 Å². The van der Waals surface area contributed by atoms with E-state index in [9.17, 15) is 0 Å². The van der Waals surface area contributed by atoms with Crippen LogP contribution in [0.5, 0.6) is 0 Å². The Kier molecular flexibility index (Phi) is 4.48. The van der Waals surface area contributed by atoms with Gasteiger partial charge in [0.1, 0.15) is 0 Å². The maximum atomic E-state index is 5.42. The summed E-state index contributed by atoms with van der Waals surface area (Å²) in [5.41, 5.74) is 0.493. The molecule has 2 nitrogen and oxygen atoms in total. The Bertz CT molecular complexity index is 228. The van der Waals surface area contributed by atoms with E-state index in [1.807, 2.05) is 0 Å². The van der Waals surface area contributed by atoms with Gasteiger partial charge in [0.15, 0.2) is 0 Å². The van der Waals surface area contributed by atoms with Crippen molar-refractivity contribution in [1.29, 1.82) is 0 Å². The van der Waals surface area contributed by atoms with Crippen LogP contribution in [0.15, 0.2) is 0 Å². The zero-order chi connectivity index (χ0) is 12.3. The molecule has 100 valence electrons. The summed E-state index contributed by atoms with van der Waals surface area (Å²) < 4.78 is 5.42. The molecule has 0 aromatic rings. The Morgan fingerprint density at radius 1 is 1.12 bits per heavy atom. The van der Waals surface area contributed by atoms with Crippen molar-refractivity contribution in [3.05, 3.63) is 0 Å². The minimum Gasteiger partial charge on any atom is -0.381 e. The predicted molar refractivity (Wildman–Crippen MR) is 72.2 cm³/mol. The van der Waals surface area contributed by atoms with E-state index < -0.39 is 0 Å². The summed E-state index contributed by atoms with van der Waals surface area (Å²) in [7, 11) is 0. The molecule has 2 heterocycles. The van der Waals surface area contributed by atoms with E-state index >= 15 is 0 Å². The second kappa shape index (κ2) is 5.71. The minimum atomic E-state index is 0.493. The molecule has 0 radical (unpaired) electrons. The Balaban J connectivity index is 1.67. The normalized spacial score (nSPS) is 28.8. The second-order valence-electron chi connectivity index (χ2n) is 7.00. The molecule has 2 aliphatic heterocycles. The molecule has 2 aliphatic rings. The Morgan fingerprint density at radius 2 is 1.82 bits per heavy atom. The second-order valence-corrected chi connectivity index (χ2v) is 7.00. The molecule has 0 aromatic carbocycles. The van der Waals surface area contributed by atoms with Gasteiger partial charge in [-0.05, 0) is 56.0 Å². The van der Waals surface area contributed by atoms with E-state index in [4.69, 9.17) is 4.74 Å². The summed E-state index contributed by atoms with van der Waals surface area (Å²) in [4.78, 5) is 2.69. The Hall–Kier alpha value is -0.0800. The third-order valence-electron chi connectivity index (χ3n) is 4.69. The summed E-state index contributed by atoms with van der Waals surface area (Å²) in [5.74, 6) is 1.83. The van der Waals surface area contributed by atoms with Crippen LogP contribution in [0.25, 0.3) is 0 Å². The van der Waals surface area contributed by atoms with Crippen molar-refractivity contribution in [1.82, 2.24) is 4.90 Å². The molecule has 0 aliphatic carbocycles. The first kappa shape index (κ1) is 13.4. The molecule has 2 saturated heterocycles. The molecule has 1 unspecified atom stereocenters. The van der Waals surface area contributed by atoms with Gasteiger partial charge in [0.25, 0.3) is 0 Å². The fraction of sp³-hybridized carbons (Fsp3) is 1.00. The molecule has 2 heteroatoms. The van der Waals surface area contributed by atoms with E-state index in [-0.39, 0.29) is 0 Å². The number of hydrogen-bond donors (Lipinski definition) is 0. The highest BCUT2D eigenvalue weighted by molar-refractivity contribution is 4.84. The van der Waals surface area contributed by atoms with Crippen LogP contribution >= 0.6 is 0 Å². The lowest BCUT2D eigenvalue weighted by Crippen LogP contribution is -2.28. The third-order valence-corrected chi connectivity index (χ3v) is 4.69. The maximum absolute atomic E-state index is 5.42. The van der Waals surface area contributed by atoms with Gasteiger partial charge in [0.2, 0.25) is 0 Å². The lowest BCUT2D eigenvalue weighted by molar-refractivity contribution is 0.0606. The highest BCUT2D eigenvalue weighted by Gasteiger charge is 2.31. The third kappa shape index (κ3) is 3.96. The van der Waals surface area contributed by atoms with Crippen molar-refractivity contribution in [3.8, 4) is 0 Å².